The van der Waals surface area contributed by atoms with Crippen LogP contribution in [0.25, 0.3) is 0 Å². The van der Waals surface area contributed by atoms with Gasteiger partial charge in [-0.2, -0.15) is 0 Å². The minimum absolute atomic E-state index is 0.144. The topological polar surface area (TPSA) is 20.2 Å². The standard InChI is InChI=1S/C24H34O/c1-5-17-24(18-6-2,19-7-3)23(4,20-13-9-8-10-14-20)21-15-11-12-16-22(21)25/h8-16,25H,5-7,17-19H2,1-4H3. The molecule has 0 amide bonds. The van der Waals surface area contributed by atoms with Crippen LogP contribution in [0.1, 0.15) is 77.3 Å². The Morgan fingerprint density at radius 3 is 1.68 bits per heavy atom. The van der Waals surface area contributed by atoms with Crippen LogP contribution < -0.4 is 0 Å². The van der Waals surface area contributed by atoms with Crippen molar-refractivity contribution < 1.29 is 5.11 Å². The van der Waals surface area contributed by atoms with Gasteiger partial charge in [-0.3, -0.25) is 0 Å². The first-order valence-electron chi connectivity index (χ1n) is 9.89. The van der Waals surface area contributed by atoms with Gasteiger partial charge in [0.25, 0.3) is 0 Å². The third-order valence-corrected chi connectivity index (χ3v) is 6.04. The molecule has 0 aromatic heterocycles. The molecule has 0 fully saturated rings. The number of hydrogen-bond acceptors (Lipinski definition) is 1. The number of phenolic OH excluding ortho intramolecular Hbond substituents is 1. The average Bonchev–Trinajstić information content (AvgIpc) is 2.63. The quantitative estimate of drug-likeness (QED) is 0.517. The molecule has 2 rings (SSSR count). The maximum Gasteiger partial charge on any atom is 0.119 e. The van der Waals surface area contributed by atoms with Crippen LogP contribution in [0.5, 0.6) is 5.75 Å². The summed E-state index contributed by atoms with van der Waals surface area (Å²) in [6, 6.07) is 18.8. The minimum atomic E-state index is -0.207. The minimum Gasteiger partial charge on any atom is -0.508 e. The Kier molecular flexibility index (Phi) is 6.70. The summed E-state index contributed by atoms with van der Waals surface area (Å²) in [5, 5.41) is 10.8. The highest BCUT2D eigenvalue weighted by molar-refractivity contribution is 5.48. The molecule has 25 heavy (non-hydrogen) atoms. The fraction of sp³-hybridized carbons (Fsp3) is 0.500. The number of aromatic hydroxyl groups is 1. The molecule has 0 bridgehead atoms. The van der Waals surface area contributed by atoms with E-state index in [1.807, 2.05) is 12.1 Å². The molecule has 1 N–H and O–H groups in total. The van der Waals surface area contributed by atoms with Crippen molar-refractivity contribution >= 4 is 0 Å². The summed E-state index contributed by atoms with van der Waals surface area (Å²) in [6.07, 6.45) is 7.01. The lowest BCUT2D eigenvalue weighted by atomic mass is 9.53. The fourth-order valence-corrected chi connectivity index (χ4v) is 4.98. The van der Waals surface area contributed by atoms with Gasteiger partial charge in [-0.1, -0.05) is 95.5 Å². The van der Waals surface area contributed by atoms with E-state index in [0.29, 0.717) is 5.75 Å². The van der Waals surface area contributed by atoms with Gasteiger partial charge < -0.3 is 5.11 Å². The van der Waals surface area contributed by atoms with Gasteiger partial charge in [0.1, 0.15) is 5.75 Å². The van der Waals surface area contributed by atoms with Crippen molar-refractivity contribution in [3.05, 3.63) is 65.7 Å². The first kappa shape index (κ1) is 19.6. The van der Waals surface area contributed by atoms with Crippen molar-refractivity contribution in [2.75, 3.05) is 0 Å². The Morgan fingerprint density at radius 2 is 1.20 bits per heavy atom. The Hall–Kier alpha value is -1.76. The predicted octanol–water partition coefficient (Wildman–Crippen LogP) is 7.08. The molecule has 0 heterocycles. The molecule has 2 aromatic carbocycles. The van der Waals surface area contributed by atoms with Crippen LogP contribution in [0.2, 0.25) is 0 Å². The van der Waals surface area contributed by atoms with Crippen LogP contribution >= 0.6 is 0 Å². The molecule has 1 nitrogen and oxygen atoms in total. The molecule has 136 valence electrons. The lowest BCUT2D eigenvalue weighted by Crippen LogP contribution is -2.44. The highest BCUT2D eigenvalue weighted by Gasteiger charge is 2.49. The van der Waals surface area contributed by atoms with Gasteiger partial charge in [-0.15, -0.1) is 0 Å². The predicted molar refractivity (Wildman–Crippen MR) is 108 cm³/mol. The smallest absolute Gasteiger partial charge is 0.119 e. The summed E-state index contributed by atoms with van der Waals surface area (Å²) in [5.74, 6) is 0.418. The monoisotopic (exact) mass is 338 g/mol. The second-order valence-electron chi connectivity index (χ2n) is 7.54. The van der Waals surface area contributed by atoms with Gasteiger partial charge >= 0.3 is 0 Å². The normalized spacial score (nSPS) is 14.2. The number of rotatable bonds is 9. The van der Waals surface area contributed by atoms with Crippen molar-refractivity contribution in [1.29, 1.82) is 0 Å². The van der Waals surface area contributed by atoms with E-state index in [2.05, 4.69) is 70.2 Å². The number of benzene rings is 2. The van der Waals surface area contributed by atoms with E-state index in [0.717, 1.165) is 24.8 Å². The first-order chi connectivity index (χ1) is 12.1. The van der Waals surface area contributed by atoms with Crippen molar-refractivity contribution in [2.24, 2.45) is 5.41 Å². The third-order valence-electron chi connectivity index (χ3n) is 6.04. The van der Waals surface area contributed by atoms with Gasteiger partial charge in [-0.05, 0) is 36.3 Å². The van der Waals surface area contributed by atoms with Crippen molar-refractivity contribution in [3.63, 3.8) is 0 Å². The summed E-state index contributed by atoms with van der Waals surface area (Å²) < 4.78 is 0. The van der Waals surface area contributed by atoms with Crippen LogP contribution in [0.4, 0.5) is 0 Å². The Labute approximate surface area is 154 Å². The van der Waals surface area contributed by atoms with Crippen LogP contribution in [0.15, 0.2) is 54.6 Å². The molecule has 0 aliphatic rings. The lowest BCUT2D eigenvalue weighted by molar-refractivity contribution is 0.111. The second kappa shape index (κ2) is 8.56. The van der Waals surface area contributed by atoms with Gasteiger partial charge in [0.05, 0.1) is 0 Å². The van der Waals surface area contributed by atoms with Gasteiger partial charge in [0, 0.05) is 11.0 Å². The van der Waals surface area contributed by atoms with Gasteiger partial charge in [0.15, 0.2) is 0 Å². The number of hydrogen-bond donors (Lipinski definition) is 1. The highest BCUT2D eigenvalue weighted by Crippen LogP contribution is 2.56. The van der Waals surface area contributed by atoms with Crippen LogP contribution in [0, 0.1) is 5.41 Å². The van der Waals surface area contributed by atoms with E-state index in [1.165, 1.54) is 24.8 Å². The summed E-state index contributed by atoms with van der Waals surface area (Å²) in [6.45, 7) is 9.22. The molecule has 1 unspecified atom stereocenters. The van der Waals surface area contributed by atoms with E-state index < -0.39 is 0 Å². The zero-order valence-electron chi connectivity index (χ0n) is 16.4. The molecule has 0 radical (unpaired) electrons. The van der Waals surface area contributed by atoms with E-state index in [-0.39, 0.29) is 10.8 Å². The number of para-hydroxylation sites is 1. The molecule has 2 aromatic rings. The van der Waals surface area contributed by atoms with Crippen LogP contribution in [-0.2, 0) is 5.41 Å². The zero-order valence-corrected chi connectivity index (χ0v) is 16.4. The number of phenols is 1. The van der Waals surface area contributed by atoms with E-state index >= 15 is 0 Å². The fourth-order valence-electron chi connectivity index (χ4n) is 4.98. The van der Waals surface area contributed by atoms with Crippen molar-refractivity contribution in [2.45, 2.75) is 71.6 Å². The maximum atomic E-state index is 10.8. The summed E-state index contributed by atoms with van der Waals surface area (Å²) in [5.41, 5.74) is 2.32. The maximum absolute atomic E-state index is 10.8. The zero-order chi connectivity index (χ0) is 18.3. The average molecular weight is 339 g/mol. The van der Waals surface area contributed by atoms with Crippen molar-refractivity contribution in [3.8, 4) is 5.75 Å². The second-order valence-corrected chi connectivity index (χ2v) is 7.54. The lowest BCUT2D eigenvalue weighted by Gasteiger charge is -2.51. The molecule has 0 saturated heterocycles. The summed E-state index contributed by atoms with van der Waals surface area (Å²) in [7, 11) is 0. The molecule has 1 atom stereocenters. The largest absolute Gasteiger partial charge is 0.508 e. The first-order valence-corrected chi connectivity index (χ1v) is 9.89. The highest BCUT2D eigenvalue weighted by atomic mass is 16.3. The molecule has 1 heteroatoms. The van der Waals surface area contributed by atoms with Crippen LogP contribution in [0.3, 0.4) is 0 Å². The Bertz CT molecular complexity index is 629. The molecular formula is C24H34O. The third kappa shape index (κ3) is 3.61. The van der Waals surface area contributed by atoms with Gasteiger partial charge in [-0.25, -0.2) is 0 Å². The van der Waals surface area contributed by atoms with E-state index in [9.17, 15) is 5.11 Å². The SMILES string of the molecule is CCCC(CCC)(CCC)C(C)(c1ccccc1)c1ccccc1O. The Balaban J connectivity index is 2.78. The Morgan fingerprint density at radius 1 is 0.720 bits per heavy atom. The molecular weight excluding hydrogens is 304 g/mol. The van der Waals surface area contributed by atoms with Gasteiger partial charge in [0.2, 0.25) is 0 Å². The molecule has 0 spiro atoms. The van der Waals surface area contributed by atoms with E-state index in [1.54, 1.807) is 0 Å². The summed E-state index contributed by atoms with van der Waals surface area (Å²) >= 11 is 0. The van der Waals surface area contributed by atoms with Crippen molar-refractivity contribution in [1.82, 2.24) is 0 Å². The molecule has 0 aliphatic carbocycles. The molecule has 0 aliphatic heterocycles. The van der Waals surface area contributed by atoms with Crippen LogP contribution in [-0.4, -0.2) is 5.11 Å². The molecule has 0 saturated carbocycles. The summed E-state index contributed by atoms with van der Waals surface area (Å²) in [4.78, 5) is 0. The van der Waals surface area contributed by atoms with E-state index in [4.69, 9.17) is 0 Å².